The first kappa shape index (κ1) is 21.7. The van der Waals surface area contributed by atoms with E-state index in [2.05, 4.69) is 4.98 Å². The van der Waals surface area contributed by atoms with E-state index in [0.717, 1.165) is 22.4 Å². The van der Waals surface area contributed by atoms with Crippen LogP contribution in [0.25, 0.3) is 0 Å². The molecule has 30 heavy (non-hydrogen) atoms. The van der Waals surface area contributed by atoms with Gasteiger partial charge in [-0.2, -0.15) is 0 Å². The van der Waals surface area contributed by atoms with Gasteiger partial charge in [0, 0.05) is 19.4 Å². The van der Waals surface area contributed by atoms with Gasteiger partial charge in [0.15, 0.2) is 5.13 Å². The summed E-state index contributed by atoms with van der Waals surface area (Å²) in [6.45, 7) is 6.06. The highest BCUT2D eigenvalue weighted by Crippen LogP contribution is 2.30. The highest BCUT2D eigenvalue weighted by atomic mass is 32.1. The maximum atomic E-state index is 12.3. The maximum absolute atomic E-state index is 12.3. The Balaban J connectivity index is 1.69. The molecule has 0 aliphatic carbocycles. The Morgan fingerprint density at radius 1 is 1.03 bits per heavy atom. The van der Waals surface area contributed by atoms with Gasteiger partial charge < -0.3 is 9.47 Å². The standard InChI is InChI=1S/C23H24N2O4S/c1-15-5-10-21(11-16(15)2)25(17(3)26)23-24-20(14-30-23)13-29-22(27)19-8-6-18(7-9-19)12-28-4/h5-11,14H,12-13H2,1-4H3. The number of hydrogen-bond acceptors (Lipinski definition) is 6. The summed E-state index contributed by atoms with van der Waals surface area (Å²) in [4.78, 5) is 30.6. The predicted octanol–water partition coefficient (Wildman–Crippen LogP) is 4.95. The summed E-state index contributed by atoms with van der Waals surface area (Å²) in [7, 11) is 1.62. The molecule has 1 aromatic heterocycles. The number of carbonyl (C=O) groups excluding carboxylic acids is 2. The molecule has 0 aliphatic rings. The highest BCUT2D eigenvalue weighted by Gasteiger charge is 2.19. The zero-order valence-electron chi connectivity index (χ0n) is 17.5. The molecule has 0 N–H and O–H groups in total. The van der Waals surface area contributed by atoms with Crippen LogP contribution in [0.3, 0.4) is 0 Å². The van der Waals surface area contributed by atoms with E-state index in [0.29, 0.717) is 23.0 Å². The van der Waals surface area contributed by atoms with Crippen molar-refractivity contribution in [2.24, 2.45) is 0 Å². The normalized spacial score (nSPS) is 10.7. The summed E-state index contributed by atoms with van der Waals surface area (Å²) in [5.74, 6) is -0.557. The van der Waals surface area contributed by atoms with E-state index in [1.54, 1.807) is 29.5 Å². The Morgan fingerprint density at radius 2 is 1.77 bits per heavy atom. The molecule has 0 unspecified atom stereocenters. The van der Waals surface area contributed by atoms with Crippen molar-refractivity contribution in [3.8, 4) is 0 Å². The second-order valence-electron chi connectivity index (χ2n) is 6.95. The fourth-order valence-corrected chi connectivity index (χ4v) is 3.75. The molecule has 0 bridgehead atoms. The monoisotopic (exact) mass is 424 g/mol. The maximum Gasteiger partial charge on any atom is 0.338 e. The number of aryl methyl sites for hydroxylation is 2. The molecule has 1 amide bonds. The fourth-order valence-electron chi connectivity index (χ4n) is 2.88. The van der Waals surface area contributed by atoms with Crippen molar-refractivity contribution in [1.29, 1.82) is 0 Å². The summed E-state index contributed by atoms with van der Waals surface area (Å²) < 4.78 is 10.4. The summed E-state index contributed by atoms with van der Waals surface area (Å²) in [6, 6.07) is 12.9. The number of thiazole rings is 1. The number of amides is 1. The van der Waals surface area contributed by atoms with Gasteiger partial charge in [0.05, 0.1) is 23.6 Å². The smallest absolute Gasteiger partial charge is 0.338 e. The largest absolute Gasteiger partial charge is 0.456 e. The molecule has 1 heterocycles. The average molecular weight is 425 g/mol. The first-order chi connectivity index (χ1) is 14.4. The van der Waals surface area contributed by atoms with Crippen LogP contribution in [0.5, 0.6) is 0 Å². The van der Waals surface area contributed by atoms with Crippen molar-refractivity contribution in [2.75, 3.05) is 12.0 Å². The second kappa shape index (κ2) is 9.65. The molecule has 0 aliphatic heterocycles. The molecule has 0 saturated heterocycles. The molecular formula is C23H24N2O4S. The number of anilines is 2. The Bertz CT molecular complexity index is 1040. The molecular weight excluding hydrogens is 400 g/mol. The van der Waals surface area contributed by atoms with Gasteiger partial charge in [-0.05, 0) is 54.8 Å². The van der Waals surface area contributed by atoms with Gasteiger partial charge in [0.25, 0.3) is 0 Å². The van der Waals surface area contributed by atoms with Crippen molar-refractivity contribution >= 4 is 34.0 Å². The van der Waals surface area contributed by atoms with Gasteiger partial charge in [-0.3, -0.25) is 9.69 Å². The lowest BCUT2D eigenvalue weighted by atomic mass is 10.1. The molecule has 0 saturated carbocycles. The third-order valence-corrected chi connectivity index (χ3v) is 5.52. The van der Waals surface area contributed by atoms with Crippen molar-refractivity contribution in [2.45, 2.75) is 34.0 Å². The third-order valence-electron chi connectivity index (χ3n) is 4.65. The Labute approximate surface area is 180 Å². The minimum Gasteiger partial charge on any atom is -0.456 e. The summed E-state index contributed by atoms with van der Waals surface area (Å²) in [5, 5.41) is 2.34. The van der Waals surface area contributed by atoms with Crippen molar-refractivity contribution < 1.29 is 19.1 Å². The van der Waals surface area contributed by atoms with Gasteiger partial charge in [-0.15, -0.1) is 11.3 Å². The van der Waals surface area contributed by atoms with E-state index in [9.17, 15) is 9.59 Å². The zero-order chi connectivity index (χ0) is 21.7. The molecule has 0 spiro atoms. The topological polar surface area (TPSA) is 68.7 Å². The van der Waals surface area contributed by atoms with Crippen LogP contribution in [0.15, 0.2) is 47.8 Å². The molecule has 0 fully saturated rings. The van der Waals surface area contributed by atoms with Crippen molar-refractivity contribution in [3.63, 3.8) is 0 Å². The van der Waals surface area contributed by atoms with E-state index in [-0.39, 0.29) is 12.5 Å². The highest BCUT2D eigenvalue weighted by molar-refractivity contribution is 7.14. The number of benzene rings is 2. The first-order valence-electron chi connectivity index (χ1n) is 9.46. The van der Waals surface area contributed by atoms with E-state index in [4.69, 9.17) is 9.47 Å². The molecule has 2 aromatic carbocycles. The SMILES string of the molecule is COCc1ccc(C(=O)OCc2csc(N(C(C)=O)c3ccc(C)c(C)c3)n2)cc1. The van der Waals surface area contributed by atoms with Crippen LogP contribution in [0.4, 0.5) is 10.8 Å². The quantitative estimate of drug-likeness (QED) is 0.502. The minimum atomic E-state index is -0.425. The molecule has 3 aromatic rings. The molecule has 0 radical (unpaired) electrons. The Kier molecular flexibility index (Phi) is 6.97. The van der Waals surface area contributed by atoms with Crippen molar-refractivity contribution in [3.05, 3.63) is 75.8 Å². The Hall–Kier alpha value is -3.03. The van der Waals surface area contributed by atoms with Crippen LogP contribution < -0.4 is 4.90 Å². The second-order valence-corrected chi connectivity index (χ2v) is 7.79. The molecule has 6 nitrogen and oxygen atoms in total. The van der Waals surface area contributed by atoms with Crippen LogP contribution in [-0.4, -0.2) is 24.0 Å². The zero-order valence-corrected chi connectivity index (χ0v) is 18.3. The van der Waals surface area contributed by atoms with Crippen LogP contribution in [0, 0.1) is 13.8 Å². The van der Waals surface area contributed by atoms with Gasteiger partial charge in [-0.1, -0.05) is 18.2 Å². The van der Waals surface area contributed by atoms with Crippen LogP contribution in [0.2, 0.25) is 0 Å². The van der Waals surface area contributed by atoms with E-state index in [1.807, 2.05) is 44.2 Å². The summed E-state index contributed by atoms with van der Waals surface area (Å²) in [6.07, 6.45) is 0. The number of nitrogens with zero attached hydrogens (tertiary/aromatic N) is 2. The number of aromatic nitrogens is 1. The molecule has 3 rings (SSSR count). The number of esters is 1. The lowest BCUT2D eigenvalue weighted by Crippen LogP contribution is -2.22. The van der Waals surface area contributed by atoms with Crippen LogP contribution in [-0.2, 0) is 27.5 Å². The lowest BCUT2D eigenvalue weighted by Gasteiger charge is -2.19. The van der Waals surface area contributed by atoms with Crippen molar-refractivity contribution in [1.82, 2.24) is 4.98 Å². The van der Waals surface area contributed by atoms with Gasteiger partial charge >= 0.3 is 5.97 Å². The number of hydrogen-bond donors (Lipinski definition) is 0. The number of rotatable bonds is 7. The summed E-state index contributed by atoms with van der Waals surface area (Å²) >= 11 is 1.33. The van der Waals surface area contributed by atoms with Gasteiger partial charge in [-0.25, -0.2) is 9.78 Å². The molecule has 156 valence electrons. The molecule has 0 atom stereocenters. The minimum absolute atomic E-state index is 0.0355. The number of methoxy groups -OCH3 is 1. The van der Waals surface area contributed by atoms with Gasteiger partial charge in [0.1, 0.15) is 6.61 Å². The van der Waals surface area contributed by atoms with E-state index < -0.39 is 5.97 Å². The number of carbonyl (C=O) groups is 2. The van der Waals surface area contributed by atoms with Gasteiger partial charge in [0.2, 0.25) is 5.91 Å². The molecule has 7 heteroatoms. The Morgan fingerprint density at radius 3 is 2.40 bits per heavy atom. The lowest BCUT2D eigenvalue weighted by molar-refractivity contribution is -0.115. The third kappa shape index (κ3) is 5.11. The average Bonchev–Trinajstić information content (AvgIpc) is 3.18. The first-order valence-corrected chi connectivity index (χ1v) is 10.3. The van der Waals surface area contributed by atoms with E-state index in [1.165, 1.54) is 18.3 Å². The predicted molar refractivity (Wildman–Crippen MR) is 117 cm³/mol. The fraction of sp³-hybridized carbons (Fsp3) is 0.261. The number of ether oxygens (including phenoxy) is 2. The van der Waals surface area contributed by atoms with Crippen LogP contribution >= 0.6 is 11.3 Å². The van der Waals surface area contributed by atoms with E-state index >= 15 is 0 Å². The summed E-state index contributed by atoms with van der Waals surface area (Å²) in [5.41, 5.74) is 5.05. The van der Waals surface area contributed by atoms with Crippen LogP contribution in [0.1, 0.15) is 39.7 Å².